The van der Waals surface area contributed by atoms with Crippen molar-refractivity contribution >= 4 is 17.4 Å². The number of methoxy groups -OCH3 is 1. The molecule has 3 aromatic carbocycles. The van der Waals surface area contributed by atoms with E-state index in [9.17, 15) is 4.39 Å². The van der Waals surface area contributed by atoms with Crippen LogP contribution < -0.4 is 9.64 Å². The van der Waals surface area contributed by atoms with E-state index in [1.165, 1.54) is 21.7 Å². The van der Waals surface area contributed by atoms with Crippen LogP contribution in [-0.4, -0.2) is 13.7 Å². The van der Waals surface area contributed by atoms with Crippen LogP contribution in [0.3, 0.4) is 0 Å². The molecule has 0 amide bonds. The highest BCUT2D eigenvalue weighted by Crippen LogP contribution is 2.46. The predicted molar refractivity (Wildman–Crippen MR) is 115 cm³/mol. The maximum absolute atomic E-state index is 13.3. The van der Waals surface area contributed by atoms with Crippen molar-refractivity contribution in [2.45, 2.75) is 30.0 Å². The van der Waals surface area contributed by atoms with Gasteiger partial charge in [0.05, 0.1) is 12.8 Å². The quantitative estimate of drug-likeness (QED) is 0.510. The summed E-state index contributed by atoms with van der Waals surface area (Å²) in [6.45, 7) is 3.91. The van der Waals surface area contributed by atoms with Gasteiger partial charge in [-0.25, -0.2) is 4.39 Å². The fraction of sp³-hybridized carbons (Fsp3) is 0.250. The van der Waals surface area contributed by atoms with Crippen LogP contribution in [0.4, 0.5) is 10.1 Å². The number of thioether (sulfide) groups is 1. The van der Waals surface area contributed by atoms with Gasteiger partial charge in [-0.05, 0) is 60.4 Å². The molecule has 1 aliphatic heterocycles. The van der Waals surface area contributed by atoms with E-state index >= 15 is 0 Å². The highest BCUT2D eigenvalue weighted by atomic mass is 32.2. The summed E-state index contributed by atoms with van der Waals surface area (Å²) in [5, 5.41) is 0.393. The summed E-state index contributed by atoms with van der Waals surface area (Å²) in [5.41, 5.74) is 5.03. The van der Waals surface area contributed by atoms with Gasteiger partial charge in [0.2, 0.25) is 0 Å². The highest BCUT2D eigenvalue weighted by Gasteiger charge is 2.24. The van der Waals surface area contributed by atoms with Crippen LogP contribution in [0.25, 0.3) is 0 Å². The van der Waals surface area contributed by atoms with Crippen LogP contribution in [0.2, 0.25) is 0 Å². The van der Waals surface area contributed by atoms with Crippen molar-refractivity contribution in [3.8, 4) is 5.75 Å². The van der Waals surface area contributed by atoms with E-state index in [1.54, 1.807) is 19.2 Å². The molecule has 4 heteroatoms. The lowest BCUT2D eigenvalue weighted by Crippen LogP contribution is -2.24. The molecule has 2 nitrogen and oxygen atoms in total. The Bertz CT molecular complexity index is 940. The fourth-order valence-electron chi connectivity index (χ4n) is 3.75. The minimum absolute atomic E-state index is 0.189. The topological polar surface area (TPSA) is 12.5 Å². The lowest BCUT2D eigenvalue weighted by atomic mass is 10.1. The van der Waals surface area contributed by atoms with Gasteiger partial charge < -0.3 is 9.64 Å². The number of rotatable bonds is 4. The number of aryl methyl sites for hydroxylation is 1. The smallest absolute Gasteiger partial charge is 0.123 e. The number of fused-ring (bicyclic) bond motifs is 1. The van der Waals surface area contributed by atoms with Crippen LogP contribution in [0.1, 0.15) is 28.4 Å². The normalized spacial score (nSPS) is 16.4. The van der Waals surface area contributed by atoms with E-state index in [0.29, 0.717) is 5.25 Å². The SMILES string of the molecule is COc1ccc(C2CCN(Cc3ccc(F)cc3)c3c(C)cccc3S2)cc1. The number of ether oxygens (including phenoxy) is 1. The Balaban J connectivity index is 1.64. The zero-order valence-electron chi connectivity index (χ0n) is 16.2. The minimum Gasteiger partial charge on any atom is -0.497 e. The largest absolute Gasteiger partial charge is 0.497 e. The van der Waals surface area contributed by atoms with Crippen LogP contribution in [-0.2, 0) is 6.54 Å². The van der Waals surface area contributed by atoms with Crippen molar-refractivity contribution in [1.82, 2.24) is 0 Å². The zero-order valence-corrected chi connectivity index (χ0v) is 17.0. The third kappa shape index (κ3) is 4.02. The van der Waals surface area contributed by atoms with Crippen molar-refractivity contribution < 1.29 is 9.13 Å². The number of hydrogen-bond acceptors (Lipinski definition) is 3. The third-order valence-corrected chi connectivity index (χ3v) is 6.60. The second-order valence-corrected chi connectivity index (χ2v) is 8.38. The van der Waals surface area contributed by atoms with Crippen molar-refractivity contribution in [2.24, 2.45) is 0 Å². The number of para-hydroxylation sites is 1. The van der Waals surface area contributed by atoms with E-state index in [-0.39, 0.29) is 5.82 Å². The summed E-state index contributed by atoms with van der Waals surface area (Å²) < 4.78 is 18.6. The Morgan fingerprint density at radius 2 is 1.79 bits per heavy atom. The van der Waals surface area contributed by atoms with E-state index in [2.05, 4.69) is 42.2 Å². The molecule has 144 valence electrons. The van der Waals surface area contributed by atoms with Gasteiger partial charge in [0.1, 0.15) is 11.6 Å². The van der Waals surface area contributed by atoms with E-state index in [1.807, 2.05) is 36.0 Å². The summed E-state index contributed by atoms with van der Waals surface area (Å²) in [6.07, 6.45) is 1.05. The van der Waals surface area contributed by atoms with Crippen LogP contribution in [0, 0.1) is 12.7 Å². The number of benzene rings is 3. The predicted octanol–water partition coefficient (Wildman–Crippen LogP) is 6.39. The minimum atomic E-state index is -0.189. The van der Waals surface area contributed by atoms with Crippen molar-refractivity contribution in [3.63, 3.8) is 0 Å². The monoisotopic (exact) mass is 393 g/mol. The lowest BCUT2D eigenvalue weighted by Gasteiger charge is -2.26. The average Bonchev–Trinajstić information content (AvgIpc) is 2.90. The van der Waals surface area contributed by atoms with Gasteiger partial charge in [0.25, 0.3) is 0 Å². The molecule has 1 aliphatic rings. The Hall–Kier alpha value is -2.46. The van der Waals surface area contributed by atoms with Gasteiger partial charge in [-0.1, -0.05) is 36.4 Å². The Morgan fingerprint density at radius 3 is 2.50 bits per heavy atom. The summed E-state index contributed by atoms with van der Waals surface area (Å²) in [4.78, 5) is 3.74. The molecule has 0 saturated heterocycles. The van der Waals surface area contributed by atoms with Crippen molar-refractivity contribution in [2.75, 3.05) is 18.6 Å². The molecule has 0 fully saturated rings. The third-order valence-electron chi connectivity index (χ3n) is 5.22. The molecule has 0 aromatic heterocycles. The number of nitrogens with zero attached hydrogens (tertiary/aromatic N) is 1. The molecule has 4 rings (SSSR count). The highest BCUT2D eigenvalue weighted by molar-refractivity contribution is 7.99. The summed E-state index contributed by atoms with van der Waals surface area (Å²) >= 11 is 1.93. The second-order valence-electron chi connectivity index (χ2n) is 7.14. The molecule has 1 unspecified atom stereocenters. The summed E-state index contributed by atoms with van der Waals surface area (Å²) in [6, 6.07) is 21.8. The van der Waals surface area contributed by atoms with Crippen LogP contribution in [0.5, 0.6) is 5.75 Å². The lowest BCUT2D eigenvalue weighted by molar-refractivity contribution is 0.414. The van der Waals surface area contributed by atoms with E-state index in [0.717, 1.165) is 30.8 Å². The van der Waals surface area contributed by atoms with Gasteiger partial charge in [-0.2, -0.15) is 0 Å². The first-order chi connectivity index (χ1) is 13.6. The number of halogens is 1. The van der Waals surface area contributed by atoms with E-state index in [4.69, 9.17) is 4.74 Å². The molecule has 0 radical (unpaired) electrons. The van der Waals surface area contributed by atoms with Gasteiger partial charge in [0, 0.05) is 23.2 Å². The standard InChI is InChI=1S/C24H24FNOS/c1-17-4-3-5-23-24(17)26(16-18-6-10-20(25)11-7-18)15-14-22(28-23)19-8-12-21(27-2)13-9-19/h3-13,22H,14-16H2,1-2H3. The van der Waals surface area contributed by atoms with Gasteiger partial charge in [0.15, 0.2) is 0 Å². The zero-order chi connectivity index (χ0) is 19.5. The molecule has 3 aromatic rings. The van der Waals surface area contributed by atoms with Gasteiger partial charge in [-0.3, -0.25) is 0 Å². The van der Waals surface area contributed by atoms with Crippen molar-refractivity contribution in [3.05, 3.63) is 89.2 Å². The van der Waals surface area contributed by atoms with Crippen LogP contribution >= 0.6 is 11.8 Å². The summed E-state index contributed by atoms with van der Waals surface area (Å²) in [5.74, 6) is 0.697. The van der Waals surface area contributed by atoms with E-state index < -0.39 is 0 Å². The molecule has 0 spiro atoms. The molecule has 0 saturated carbocycles. The fourth-order valence-corrected chi connectivity index (χ4v) is 5.13. The molecule has 0 N–H and O–H groups in total. The number of hydrogen-bond donors (Lipinski definition) is 0. The Labute approximate surface area is 170 Å². The second kappa shape index (κ2) is 8.27. The maximum atomic E-state index is 13.3. The molecule has 0 bridgehead atoms. The average molecular weight is 394 g/mol. The first-order valence-corrected chi connectivity index (χ1v) is 10.4. The Morgan fingerprint density at radius 1 is 1.04 bits per heavy atom. The van der Waals surface area contributed by atoms with Gasteiger partial charge in [-0.15, -0.1) is 11.8 Å². The van der Waals surface area contributed by atoms with Crippen molar-refractivity contribution in [1.29, 1.82) is 0 Å². The molecule has 0 aliphatic carbocycles. The molecule has 1 heterocycles. The molecular weight excluding hydrogens is 369 g/mol. The summed E-state index contributed by atoms with van der Waals surface area (Å²) in [7, 11) is 1.70. The first kappa shape index (κ1) is 18.9. The molecular formula is C24H24FNOS. The van der Waals surface area contributed by atoms with Crippen LogP contribution in [0.15, 0.2) is 71.6 Å². The first-order valence-electron chi connectivity index (χ1n) is 9.53. The van der Waals surface area contributed by atoms with Gasteiger partial charge >= 0.3 is 0 Å². The molecule has 1 atom stereocenters. The Kier molecular flexibility index (Phi) is 5.58. The maximum Gasteiger partial charge on any atom is 0.123 e. The number of anilines is 1. The molecule has 28 heavy (non-hydrogen) atoms.